The molecular weight excluding hydrogens is 290 g/mol. The molecule has 1 amide bonds. The van der Waals surface area contributed by atoms with Crippen molar-refractivity contribution in [2.24, 2.45) is 11.7 Å². The van der Waals surface area contributed by atoms with Crippen LogP contribution in [0.4, 0.5) is 0 Å². The number of nitrogens with one attached hydrogen (secondary N) is 1. The SMILES string of the molecule is NC(C(=O)NCCN1CCc2ccccc2C1)C1CCOCC1. The van der Waals surface area contributed by atoms with Gasteiger partial charge in [-0.3, -0.25) is 9.69 Å². The number of nitrogens with zero attached hydrogens (tertiary/aromatic N) is 1. The molecule has 1 saturated heterocycles. The van der Waals surface area contributed by atoms with E-state index in [4.69, 9.17) is 10.5 Å². The number of hydrogen-bond acceptors (Lipinski definition) is 4. The maximum Gasteiger partial charge on any atom is 0.237 e. The van der Waals surface area contributed by atoms with Crippen molar-refractivity contribution in [1.82, 2.24) is 10.2 Å². The Kier molecular flexibility index (Phi) is 5.65. The number of hydrogen-bond donors (Lipinski definition) is 2. The predicted molar refractivity (Wildman–Crippen MR) is 90.0 cm³/mol. The van der Waals surface area contributed by atoms with E-state index < -0.39 is 6.04 Å². The first-order valence-electron chi connectivity index (χ1n) is 8.64. The van der Waals surface area contributed by atoms with Gasteiger partial charge >= 0.3 is 0 Å². The monoisotopic (exact) mass is 317 g/mol. The van der Waals surface area contributed by atoms with E-state index in [1.165, 1.54) is 11.1 Å². The van der Waals surface area contributed by atoms with Crippen LogP contribution in [0, 0.1) is 5.92 Å². The lowest BCUT2D eigenvalue weighted by molar-refractivity contribution is -0.124. The first-order valence-corrected chi connectivity index (χ1v) is 8.64. The van der Waals surface area contributed by atoms with Crippen molar-refractivity contribution in [3.8, 4) is 0 Å². The van der Waals surface area contributed by atoms with Crippen LogP contribution in [0.5, 0.6) is 0 Å². The highest BCUT2D eigenvalue weighted by atomic mass is 16.5. The Balaban J connectivity index is 1.40. The van der Waals surface area contributed by atoms with Gasteiger partial charge in [-0.2, -0.15) is 0 Å². The molecule has 1 atom stereocenters. The second-order valence-corrected chi connectivity index (χ2v) is 6.56. The smallest absolute Gasteiger partial charge is 0.237 e. The molecule has 2 aliphatic rings. The van der Waals surface area contributed by atoms with E-state index in [0.29, 0.717) is 6.54 Å². The number of carbonyl (C=O) groups is 1. The Morgan fingerprint density at radius 2 is 2.04 bits per heavy atom. The summed E-state index contributed by atoms with van der Waals surface area (Å²) in [5.41, 5.74) is 8.95. The predicted octanol–water partition coefficient (Wildman–Crippen LogP) is 0.915. The van der Waals surface area contributed by atoms with Crippen LogP contribution in [-0.4, -0.2) is 49.7 Å². The van der Waals surface area contributed by atoms with E-state index in [2.05, 4.69) is 34.5 Å². The van der Waals surface area contributed by atoms with Crippen molar-refractivity contribution in [3.63, 3.8) is 0 Å². The standard InChI is InChI=1S/C18H27N3O2/c19-17(15-6-11-23-12-7-15)18(22)20-8-10-21-9-5-14-3-1-2-4-16(14)13-21/h1-4,15,17H,5-13,19H2,(H,20,22). The molecule has 5 nitrogen and oxygen atoms in total. The Labute approximate surface area is 138 Å². The van der Waals surface area contributed by atoms with Crippen LogP contribution in [-0.2, 0) is 22.5 Å². The number of nitrogens with two attached hydrogens (primary N) is 1. The molecule has 5 heteroatoms. The molecule has 1 fully saturated rings. The van der Waals surface area contributed by atoms with Crippen LogP contribution in [0.25, 0.3) is 0 Å². The van der Waals surface area contributed by atoms with Crippen molar-refractivity contribution in [3.05, 3.63) is 35.4 Å². The fraction of sp³-hybridized carbons (Fsp3) is 0.611. The zero-order chi connectivity index (χ0) is 16.1. The first kappa shape index (κ1) is 16.4. The summed E-state index contributed by atoms with van der Waals surface area (Å²) < 4.78 is 5.32. The molecule has 1 aromatic rings. The van der Waals surface area contributed by atoms with Crippen molar-refractivity contribution < 1.29 is 9.53 Å². The van der Waals surface area contributed by atoms with Gasteiger partial charge in [-0.25, -0.2) is 0 Å². The average molecular weight is 317 g/mol. The molecule has 126 valence electrons. The Hall–Kier alpha value is -1.43. The molecule has 1 aromatic carbocycles. The molecule has 0 radical (unpaired) electrons. The van der Waals surface area contributed by atoms with E-state index in [1.807, 2.05) is 0 Å². The number of amides is 1. The zero-order valence-corrected chi connectivity index (χ0v) is 13.7. The quantitative estimate of drug-likeness (QED) is 0.847. The van der Waals surface area contributed by atoms with Crippen LogP contribution < -0.4 is 11.1 Å². The third-order valence-corrected chi connectivity index (χ3v) is 5.01. The molecule has 1 unspecified atom stereocenters. The van der Waals surface area contributed by atoms with Gasteiger partial charge in [0.15, 0.2) is 0 Å². The minimum absolute atomic E-state index is 0.0192. The molecule has 0 aromatic heterocycles. The lowest BCUT2D eigenvalue weighted by Gasteiger charge is -2.29. The highest BCUT2D eigenvalue weighted by Crippen LogP contribution is 2.18. The van der Waals surface area contributed by atoms with Crippen LogP contribution in [0.2, 0.25) is 0 Å². The van der Waals surface area contributed by atoms with Gasteiger partial charge in [-0.05, 0) is 36.3 Å². The summed E-state index contributed by atoms with van der Waals surface area (Å²) >= 11 is 0. The summed E-state index contributed by atoms with van der Waals surface area (Å²) in [4.78, 5) is 14.6. The molecule has 3 N–H and O–H groups in total. The Morgan fingerprint density at radius 1 is 1.30 bits per heavy atom. The summed E-state index contributed by atoms with van der Waals surface area (Å²) in [7, 11) is 0. The first-order chi connectivity index (χ1) is 11.2. The van der Waals surface area contributed by atoms with Gasteiger partial charge in [0.1, 0.15) is 0 Å². The van der Waals surface area contributed by atoms with E-state index >= 15 is 0 Å². The molecule has 0 aliphatic carbocycles. The van der Waals surface area contributed by atoms with Crippen LogP contribution in [0.3, 0.4) is 0 Å². The lowest BCUT2D eigenvalue weighted by Crippen LogP contribution is -2.48. The van der Waals surface area contributed by atoms with E-state index in [1.54, 1.807) is 0 Å². The van der Waals surface area contributed by atoms with E-state index in [0.717, 1.165) is 52.1 Å². The van der Waals surface area contributed by atoms with Gasteiger partial charge < -0.3 is 15.8 Å². The normalized spacial score (nSPS) is 20.7. The van der Waals surface area contributed by atoms with Gasteiger partial charge in [0.2, 0.25) is 5.91 Å². The Morgan fingerprint density at radius 3 is 2.83 bits per heavy atom. The van der Waals surface area contributed by atoms with Gasteiger partial charge in [0.25, 0.3) is 0 Å². The van der Waals surface area contributed by atoms with Crippen molar-refractivity contribution in [1.29, 1.82) is 0 Å². The summed E-state index contributed by atoms with van der Waals surface area (Å²) in [5, 5.41) is 3.00. The maximum absolute atomic E-state index is 12.2. The molecule has 0 spiro atoms. The lowest BCUT2D eigenvalue weighted by atomic mass is 9.92. The number of benzene rings is 1. The average Bonchev–Trinajstić information content (AvgIpc) is 2.61. The molecule has 23 heavy (non-hydrogen) atoms. The highest BCUT2D eigenvalue weighted by Gasteiger charge is 2.26. The van der Waals surface area contributed by atoms with Gasteiger partial charge in [0.05, 0.1) is 6.04 Å². The van der Waals surface area contributed by atoms with Crippen LogP contribution >= 0.6 is 0 Å². The van der Waals surface area contributed by atoms with Gasteiger partial charge in [-0.1, -0.05) is 24.3 Å². The second kappa shape index (κ2) is 7.90. The molecule has 0 bridgehead atoms. The largest absolute Gasteiger partial charge is 0.381 e. The fourth-order valence-electron chi connectivity index (χ4n) is 3.49. The zero-order valence-electron chi connectivity index (χ0n) is 13.7. The Bertz CT molecular complexity index is 529. The minimum Gasteiger partial charge on any atom is -0.381 e. The van der Waals surface area contributed by atoms with Crippen molar-refractivity contribution >= 4 is 5.91 Å². The topological polar surface area (TPSA) is 67.6 Å². The van der Waals surface area contributed by atoms with Crippen LogP contribution in [0.15, 0.2) is 24.3 Å². The molecule has 0 saturated carbocycles. The number of fused-ring (bicyclic) bond motifs is 1. The third-order valence-electron chi connectivity index (χ3n) is 5.01. The van der Waals surface area contributed by atoms with E-state index in [-0.39, 0.29) is 11.8 Å². The summed E-state index contributed by atoms with van der Waals surface area (Å²) in [5.74, 6) is 0.236. The summed E-state index contributed by atoms with van der Waals surface area (Å²) in [6.45, 7) is 5.01. The van der Waals surface area contributed by atoms with Crippen molar-refractivity contribution in [2.75, 3.05) is 32.8 Å². The summed E-state index contributed by atoms with van der Waals surface area (Å²) in [6, 6.07) is 8.20. The van der Waals surface area contributed by atoms with Crippen molar-refractivity contribution in [2.45, 2.75) is 31.8 Å². The van der Waals surface area contributed by atoms with Gasteiger partial charge in [-0.15, -0.1) is 0 Å². The molecule has 2 heterocycles. The third kappa shape index (κ3) is 4.31. The molecular formula is C18H27N3O2. The molecule has 2 aliphatic heterocycles. The minimum atomic E-state index is -0.402. The molecule has 3 rings (SSSR count). The van der Waals surface area contributed by atoms with E-state index in [9.17, 15) is 4.79 Å². The maximum atomic E-state index is 12.2. The number of ether oxygens (including phenoxy) is 1. The highest BCUT2D eigenvalue weighted by molar-refractivity contribution is 5.81. The van der Waals surface area contributed by atoms with Crippen LogP contribution in [0.1, 0.15) is 24.0 Å². The second-order valence-electron chi connectivity index (χ2n) is 6.56. The van der Waals surface area contributed by atoms with Gasteiger partial charge in [0, 0.05) is 39.4 Å². The summed E-state index contributed by atoms with van der Waals surface area (Å²) in [6.07, 6.45) is 2.86. The fourth-order valence-corrected chi connectivity index (χ4v) is 3.49. The number of carbonyl (C=O) groups excluding carboxylic acids is 1. The number of rotatable bonds is 5.